The molecule has 7 nitrogen and oxygen atoms in total. The van der Waals surface area contributed by atoms with Gasteiger partial charge in [0.15, 0.2) is 6.61 Å². The molecule has 0 aliphatic heterocycles. The Hall–Kier alpha value is -4.30. The van der Waals surface area contributed by atoms with Crippen molar-refractivity contribution in [1.29, 1.82) is 0 Å². The van der Waals surface area contributed by atoms with Gasteiger partial charge in [0.25, 0.3) is 15.9 Å². The van der Waals surface area contributed by atoms with Gasteiger partial charge in [-0.15, -0.1) is 0 Å². The molecule has 0 spiro atoms. The molecule has 8 heteroatoms. The van der Waals surface area contributed by atoms with Crippen molar-refractivity contribution >= 4 is 27.3 Å². The Labute approximate surface area is 211 Å². The summed E-state index contributed by atoms with van der Waals surface area (Å²) in [5.74, 6) is 1.52. The molecule has 0 atom stereocenters. The predicted molar refractivity (Wildman–Crippen MR) is 140 cm³/mol. The molecule has 0 saturated heterocycles. The van der Waals surface area contributed by atoms with E-state index in [0.717, 1.165) is 5.75 Å². The van der Waals surface area contributed by atoms with Crippen molar-refractivity contribution in [2.45, 2.75) is 11.8 Å². The van der Waals surface area contributed by atoms with Crippen molar-refractivity contribution < 1.29 is 22.7 Å². The number of rotatable bonds is 10. The van der Waals surface area contributed by atoms with Gasteiger partial charge in [0.1, 0.15) is 17.2 Å². The van der Waals surface area contributed by atoms with E-state index in [2.05, 4.69) is 5.32 Å². The van der Waals surface area contributed by atoms with E-state index in [-0.39, 0.29) is 24.0 Å². The van der Waals surface area contributed by atoms with Crippen LogP contribution in [-0.2, 0) is 14.8 Å². The van der Waals surface area contributed by atoms with Crippen LogP contribution >= 0.6 is 0 Å². The molecule has 0 unspecified atom stereocenters. The summed E-state index contributed by atoms with van der Waals surface area (Å²) in [7, 11) is -3.68. The number of nitrogens with zero attached hydrogens (tertiary/aromatic N) is 1. The van der Waals surface area contributed by atoms with Crippen molar-refractivity contribution in [2.75, 3.05) is 22.8 Å². The quantitative estimate of drug-likeness (QED) is 0.300. The highest BCUT2D eigenvalue weighted by Crippen LogP contribution is 2.26. The molecular formula is C28H26N2O5S. The lowest BCUT2D eigenvalue weighted by atomic mass is 10.3. The smallest absolute Gasteiger partial charge is 0.264 e. The average molecular weight is 503 g/mol. The molecule has 0 aromatic heterocycles. The van der Waals surface area contributed by atoms with Crippen LogP contribution in [0.15, 0.2) is 114 Å². The molecule has 4 aromatic carbocycles. The Morgan fingerprint density at radius 2 is 1.31 bits per heavy atom. The summed E-state index contributed by atoms with van der Waals surface area (Å²) in [4.78, 5) is 12.5. The molecule has 1 N–H and O–H groups in total. The highest BCUT2D eigenvalue weighted by molar-refractivity contribution is 7.92. The second kappa shape index (κ2) is 11.4. The number of anilines is 2. The average Bonchev–Trinajstić information content (AvgIpc) is 2.91. The molecule has 0 heterocycles. The maximum atomic E-state index is 13.0. The molecule has 4 aromatic rings. The zero-order chi connectivity index (χ0) is 25.4. The predicted octanol–water partition coefficient (Wildman–Crippen LogP) is 5.71. The van der Waals surface area contributed by atoms with Crippen molar-refractivity contribution in [3.8, 4) is 17.2 Å². The van der Waals surface area contributed by atoms with Crippen molar-refractivity contribution in [3.63, 3.8) is 0 Å². The minimum atomic E-state index is -3.68. The van der Waals surface area contributed by atoms with E-state index >= 15 is 0 Å². The Kier molecular flexibility index (Phi) is 7.87. The van der Waals surface area contributed by atoms with E-state index in [4.69, 9.17) is 9.47 Å². The first-order chi connectivity index (χ1) is 17.5. The monoisotopic (exact) mass is 502 g/mol. The third-order valence-corrected chi connectivity index (χ3v) is 7.15. The van der Waals surface area contributed by atoms with Crippen LogP contribution in [0.2, 0.25) is 0 Å². The highest BCUT2D eigenvalue weighted by atomic mass is 32.2. The normalized spacial score (nSPS) is 10.9. The Morgan fingerprint density at radius 1 is 0.750 bits per heavy atom. The van der Waals surface area contributed by atoms with E-state index in [0.29, 0.717) is 22.9 Å². The van der Waals surface area contributed by atoms with Crippen LogP contribution in [0.25, 0.3) is 0 Å². The molecule has 36 heavy (non-hydrogen) atoms. The molecule has 4 rings (SSSR count). The second-order valence-electron chi connectivity index (χ2n) is 7.75. The molecule has 0 fully saturated rings. The summed E-state index contributed by atoms with van der Waals surface area (Å²) in [6, 6.07) is 31.3. The van der Waals surface area contributed by atoms with E-state index in [1.807, 2.05) is 30.3 Å². The third-order valence-electron chi connectivity index (χ3n) is 5.23. The van der Waals surface area contributed by atoms with Crippen LogP contribution in [0.1, 0.15) is 6.92 Å². The molecule has 184 valence electrons. The summed E-state index contributed by atoms with van der Waals surface area (Å²) in [5, 5.41) is 2.77. The Morgan fingerprint density at radius 3 is 1.92 bits per heavy atom. The number of amides is 1. The van der Waals surface area contributed by atoms with Gasteiger partial charge in [-0.25, -0.2) is 8.42 Å². The number of para-hydroxylation sites is 1. The van der Waals surface area contributed by atoms with Gasteiger partial charge in [-0.2, -0.15) is 0 Å². The molecule has 0 aliphatic rings. The van der Waals surface area contributed by atoms with Gasteiger partial charge in [0.2, 0.25) is 0 Å². The number of benzene rings is 4. The van der Waals surface area contributed by atoms with Gasteiger partial charge in [-0.05, 0) is 79.7 Å². The standard InChI is InChI=1S/C28H26N2O5S/c1-2-30(36(32,33)27-11-7-4-8-12-27)23-15-19-24(20-16-23)34-21-28(31)29-22-13-17-26(18-14-22)35-25-9-5-3-6-10-25/h3-20H,2,21H2,1H3,(H,29,31). The molecule has 0 radical (unpaired) electrons. The van der Waals surface area contributed by atoms with Crippen LogP contribution < -0.4 is 19.1 Å². The number of sulfonamides is 1. The summed E-state index contributed by atoms with van der Waals surface area (Å²) < 4.78 is 38.6. The minimum Gasteiger partial charge on any atom is -0.484 e. The lowest BCUT2D eigenvalue weighted by Gasteiger charge is -2.23. The highest BCUT2D eigenvalue weighted by Gasteiger charge is 2.23. The molecule has 0 aliphatic carbocycles. The first-order valence-corrected chi connectivity index (χ1v) is 12.8. The summed E-state index contributed by atoms with van der Waals surface area (Å²) >= 11 is 0. The number of ether oxygens (including phenoxy) is 2. The van der Waals surface area contributed by atoms with Gasteiger partial charge in [0.05, 0.1) is 10.6 Å². The SMILES string of the molecule is CCN(c1ccc(OCC(=O)Nc2ccc(Oc3ccccc3)cc2)cc1)S(=O)(=O)c1ccccc1. The molecule has 0 saturated carbocycles. The number of carbonyl (C=O) groups is 1. The van der Waals surface area contributed by atoms with Crippen LogP contribution in [0.3, 0.4) is 0 Å². The number of carbonyl (C=O) groups excluding carboxylic acids is 1. The zero-order valence-corrected chi connectivity index (χ0v) is 20.5. The topological polar surface area (TPSA) is 84.9 Å². The molecule has 0 bridgehead atoms. The van der Waals surface area contributed by atoms with Crippen molar-refractivity contribution in [1.82, 2.24) is 0 Å². The van der Waals surface area contributed by atoms with E-state index in [9.17, 15) is 13.2 Å². The first kappa shape index (κ1) is 24.8. The summed E-state index contributed by atoms with van der Waals surface area (Å²) in [6.45, 7) is 1.85. The van der Waals surface area contributed by atoms with Crippen LogP contribution in [0, 0.1) is 0 Å². The van der Waals surface area contributed by atoms with E-state index in [1.54, 1.807) is 85.8 Å². The Bertz CT molecular complexity index is 1380. The van der Waals surface area contributed by atoms with Crippen molar-refractivity contribution in [2.24, 2.45) is 0 Å². The maximum absolute atomic E-state index is 13.0. The number of hydrogen-bond donors (Lipinski definition) is 1. The summed E-state index contributed by atoms with van der Waals surface area (Å²) in [5.41, 5.74) is 1.13. The first-order valence-electron chi connectivity index (χ1n) is 11.4. The third kappa shape index (κ3) is 6.22. The fourth-order valence-electron chi connectivity index (χ4n) is 3.50. The minimum absolute atomic E-state index is 0.193. The fourth-order valence-corrected chi connectivity index (χ4v) is 4.99. The van der Waals surface area contributed by atoms with E-state index < -0.39 is 10.0 Å². The lowest BCUT2D eigenvalue weighted by molar-refractivity contribution is -0.118. The lowest BCUT2D eigenvalue weighted by Crippen LogP contribution is -2.30. The van der Waals surface area contributed by atoms with Crippen LogP contribution in [-0.4, -0.2) is 27.5 Å². The van der Waals surface area contributed by atoms with E-state index in [1.165, 1.54) is 4.31 Å². The van der Waals surface area contributed by atoms with Gasteiger partial charge in [-0.1, -0.05) is 36.4 Å². The molecule has 1 amide bonds. The van der Waals surface area contributed by atoms with Crippen LogP contribution in [0.4, 0.5) is 11.4 Å². The largest absolute Gasteiger partial charge is 0.484 e. The second-order valence-corrected chi connectivity index (χ2v) is 9.62. The van der Waals surface area contributed by atoms with Gasteiger partial charge < -0.3 is 14.8 Å². The maximum Gasteiger partial charge on any atom is 0.264 e. The van der Waals surface area contributed by atoms with Crippen molar-refractivity contribution in [3.05, 3.63) is 109 Å². The fraction of sp³-hybridized carbons (Fsp3) is 0.107. The van der Waals surface area contributed by atoms with Crippen LogP contribution in [0.5, 0.6) is 17.2 Å². The molecular weight excluding hydrogens is 476 g/mol. The zero-order valence-electron chi connectivity index (χ0n) is 19.7. The van der Waals surface area contributed by atoms with Gasteiger partial charge in [0, 0.05) is 12.2 Å². The van der Waals surface area contributed by atoms with Gasteiger partial charge in [-0.3, -0.25) is 9.10 Å². The number of nitrogens with one attached hydrogen (secondary N) is 1. The Balaban J connectivity index is 1.31. The van der Waals surface area contributed by atoms with Gasteiger partial charge >= 0.3 is 0 Å². The number of hydrogen-bond acceptors (Lipinski definition) is 5. The summed E-state index contributed by atoms with van der Waals surface area (Å²) in [6.07, 6.45) is 0.